The molecule has 106 valence electrons. The van der Waals surface area contributed by atoms with E-state index in [1.165, 1.54) is 0 Å². The molecule has 1 aromatic rings. The predicted molar refractivity (Wildman–Crippen MR) is 71.5 cm³/mol. The number of hydrogen-bond acceptors (Lipinski definition) is 5. The molecule has 6 heteroatoms. The molecule has 0 aliphatic heterocycles. The Balaban J connectivity index is 2.89. The first-order valence-corrected chi connectivity index (χ1v) is 6.01. The summed E-state index contributed by atoms with van der Waals surface area (Å²) in [5.41, 5.74) is 6.50. The zero-order valence-electron chi connectivity index (χ0n) is 11.4. The van der Waals surface area contributed by atoms with Crippen LogP contribution in [0.2, 0.25) is 0 Å². The zero-order chi connectivity index (χ0) is 14.3. The molecule has 1 amide bonds. The number of alkyl carbamates (subject to hydrolysis) is 1. The zero-order valence-corrected chi connectivity index (χ0v) is 11.4. The van der Waals surface area contributed by atoms with Crippen molar-refractivity contribution < 1.29 is 19.0 Å². The van der Waals surface area contributed by atoms with E-state index in [1.807, 2.05) is 6.07 Å². The summed E-state index contributed by atoms with van der Waals surface area (Å²) < 4.78 is 15.2. The normalized spacial score (nSPS) is 11.6. The summed E-state index contributed by atoms with van der Waals surface area (Å²) >= 11 is 0. The van der Waals surface area contributed by atoms with Crippen LogP contribution in [-0.2, 0) is 4.74 Å². The van der Waals surface area contributed by atoms with Crippen LogP contribution in [0, 0.1) is 0 Å². The molecule has 1 aromatic carbocycles. The van der Waals surface area contributed by atoms with Crippen LogP contribution in [0.3, 0.4) is 0 Å². The van der Waals surface area contributed by atoms with Gasteiger partial charge in [-0.3, -0.25) is 0 Å². The summed E-state index contributed by atoms with van der Waals surface area (Å²) in [6.07, 6.45) is -0.493. The van der Waals surface area contributed by atoms with E-state index in [1.54, 1.807) is 33.3 Å². The van der Waals surface area contributed by atoms with Crippen molar-refractivity contribution in [1.82, 2.24) is 5.32 Å². The minimum atomic E-state index is -0.493. The van der Waals surface area contributed by atoms with E-state index < -0.39 is 6.09 Å². The van der Waals surface area contributed by atoms with Gasteiger partial charge in [-0.1, -0.05) is 6.07 Å². The first kappa shape index (κ1) is 15.1. The standard InChI is InChI=1S/C13H20N2O4/c1-4-19-13(16)15-10(8-14)9-5-6-11(17-2)12(7-9)18-3/h5-7,10H,4,8,14H2,1-3H3,(H,15,16). The lowest BCUT2D eigenvalue weighted by molar-refractivity contribution is 0.148. The molecule has 0 aliphatic rings. The Hall–Kier alpha value is -1.95. The number of nitrogens with two attached hydrogens (primary N) is 1. The molecule has 0 fully saturated rings. The molecule has 1 rings (SSSR count). The number of carbonyl (C=O) groups is 1. The molecule has 1 unspecified atom stereocenters. The Labute approximate surface area is 112 Å². The van der Waals surface area contributed by atoms with Crippen molar-refractivity contribution in [3.8, 4) is 11.5 Å². The van der Waals surface area contributed by atoms with Crippen molar-refractivity contribution in [3.05, 3.63) is 23.8 Å². The van der Waals surface area contributed by atoms with Crippen molar-refractivity contribution in [3.63, 3.8) is 0 Å². The fraction of sp³-hybridized carbons (Fsp3) is 0.462. The van der Waals surface area contributed by atoms with Gasteiger partial charge in [-0.05, 0) is 24.6 Å². The summed E-state index contributed by atoms with van der Waals surface area (Å²) in [6, 6.07) is 5.04. The first-order valence-electron chi connectivity index (χ1n) is 6.01. The maximum absolute atomic E-state index is 11.4. The highest BCUT2D eigenvalue weighted by Gasteiger charge is 2.15. The molecule has 0 aromatic heterocycles. The highest BCUT2D eigenvalue weighted by Crippen LogP contribution is 2.29. The number of nitrogens with one attached hydrogen (secondary N) is 1. The van der Waals surface area contributed by atoms with Crippen molar-refractivity contribution >= 4 is 6.09 Å². The van der Waals surface area contributed by atoms with Crippen molar-refractivity contribution in [2.75, 3.05) is 27.4 Å². The van der Waals surface area contributed by atoms with Gasteiger partial charge in [-0.25, -0.2) is 4.79 Å². The minimum Gasteiger partial charge on any atom is -0.493 e. The third-order valence-corrected chi connectivity index (χ3v) is 2.61. The Morgan fingerprint density at radius 3 is 2.53 bits per heavy atom. The molecular weight excluding hydrogens is 248 g/mol. The SMILES string of the molecule is CCOC(=O)NC(CN)c1ccc(OC)c(OC)c1. The fourth-order valence-electron chi connectivity index (χ4n) is 1.66. The van der Waals surface area contributed by atoms with Gasteiger partial charge in [-0.15, -0.1) is 0 Å². The number of benzene rings is 1. The highest BCUT2D eigenvalue weighted by molar-refractivity contribution is 5.68. The van der Waals surface area contributed by atoms with Gasteiger partial charge in [0.2, 0.25) is 0 Å². The van der Waals surface area contributed by atoms with Gasteiger partial charge >= 0.3 is 6.09 Å². The second-order valence-corrected chi connectivity index (χ2v) is 3.77. The summed E-state index contributed by atoms with van der Waals surface area (Å²) in [6.45, 7) is 2.32. The van der Waals surface area contributed by atoms with Crippen LogP contribution in [0.15, 0.2) is 18.2 Å². The van der Waals surface area contributed by atoms with Crippen LogP contribution in [0.25, 0.3) is 0 Å². The van der Waals surface area contributed by atoms with E-state index in [4.69, 9.17) is 19.9 Å². The highest BCUT2D eigenvalue weighted by atomic mass is 16.5. The van der Waals surface area contributed by atoms with Gasteiger partial charge in [0.1, 0.15) is 0 Å². The molecule has 0 saturated carbocycles. The topological polar surface area (TPSA) is 82.8 Å². The quantitative estimate of drug-likeness (QED) is 0.816. The first-order chi connectivity index (χ1) is 9.15. The number of rotatable bonds is 6. The number of hydrogen-bond donors (Lipinski definition) is 2. The van der Waals surface area contributed by atoms with Crippen LogP contribution in [0.4, 0.5) is 4.79 Å². The van der Waals surface area contributed by atoms with Crippen molar-refractivity contribution in [2.24, 2.45) is 5.73 Å². The Bertz CT molecular complexity index is 423. The molecular formula is C13H20N2O4. The van der Waals surface area contributed by atoms with E-state index >= 15 is 0 Å². The maximum atomic E-state index is 11.4. The van der Waals surface area contributed by atoms with E-state index in [9.17, 15) is 4.79 Å². The lowest BCUT2D eigenvalue weighted by atomic mass is 10.1. The molecule has 19 heavy (non-hydrogen) atoms. The number of methoxy groups -OCH3 is 2. The van der Waals surface area contributed by atoms with Crippen LogP contribution >= 0.6 is 0 Å². The molecule has 0 bridgehead atoms. The average Bonchev–Trinajstić information content (AvgIpc) is 2.44. The van der Waals surface area contributed by atoms with E-state index in [-0.39, 0.29) is 12.6 Å². The Morgan fingerprint density at radius 1 is 1.32 bits per heavy atom. The second kappa shape index (κ2) is 7.48. The van der Waals surface area contributed by atoms with E-state index in [0.717, 1.165) is 5.56 Å². The lowest BCUT2D eigenvalue weighted by Crippen LogP contribution is -2.33. The number of ether oxygens (including phenoxy) is 3. The summed E-state index contributed by atoms with van der Waals surface area (Å²) in [5, 5.41) is 2.69. The van der Waals surface area contributed by atoms with E-state index in [0.29, 0.717) is 18.1 Å². The van der Waals surface area contributed by atoms with Crippen LogP contribution in [0.1, 0.15) is 18.5 Å². The molecule has 0 aliphatic carbocycles. The summed E-state index contributed by atoms with van der Waals surface area (Å²) in [4.78, 5) is 11.4. The number of carbonyl (C=O) groups excluding carboxylic acids is 1. The Morgan fingerprint density at radius 2 is 2.00 bits per heavy atom. The molecule has 0 saturated heterocycles. The predicted octanol–water partition coefficient (Wildman–Crippen LogP) is 1.45. The molecule has 1 atom stereocenters. The summed E-state index contributed by atoms with van der Waals surface area (Å²) in [5.74, 6) is 1.21. The minimum absolute atomic E-state index is 0.258. The smallest absolute Gasteiger partial charge is 0.407 e. The molecule has 0 spiro atoms. The van der Waals surface area contributed by atoms with Crippen LogP contribution < -0.4 is 20.5 Å². The lowest BCUT2D eigenvalue weighted by Gasteiger charge is -2.18. The molecule has 6 nitrogen and oxygen atoms in total. The van der Waals surface area contributed by atoms with Gasteiger partial charge in [-0.2, -0.15) is 0 Å². The van der Waals surface area contributed by atoms with Crippen molar-refractivity contribution in [2.45, 2.75) is 13.0 Å². The van der Waals surface area contributed by atoms with Gasteiger partial charge in [0.05, 0.1) is 26.9 Å². The number of amides is 1. The third kappa shape index (κ3) is 4.03. The van der Waals surface area contributed by atoms with Crippen molar-refractivity contribution in [1.29, 1.82) is 0 Å². The molecule has 3 N–H and O–H groups in total. The van der Waals surface area contributed by atoms with E-state index in [2.05, 4.69) is 5.32 Å². The van der Waals surface area contributed by atoms with Gasteiger partial charge in [0.15, 0.2) is 11.5 Å². The summed E-state index contributed by atoms with van der Waals surface area (Å²) in [7, 11) is 3.12. The average molecular weight is 268 g/mol. The molecule has 0 heterocycles. The van der Waals surface area contributed by atoms with Gasteiger partial charge in [0.25, 0.3) is 0 Å². The van der Waals surface area contributed by atoms with Crippen LogP contribution in [0.5, 0.6) is 11.5 Å². The monoisotopic (exact) mass is 268 g/mol. The van der Waals surface area contributed by atoms with Crippen LogP contribution in [-0.4, -0.2) is 33.5 Å². The van der Waals surface area contributed by atoms with Gasteiger partial charge < -0.3 is 25.3 Å². The second-order valence-electron chi connectivity index (χ2n) is 3.77. The molecule has 0 radical (unpaired) electrons. The largest absolute Gasteiger partial charge is 0.493 e. The maximum Gasteiger partial charge on any atom is 0.407 e. The Kier molecular flexibility index (Phi) is 5.95. The van der Waals surface area contributed by atoms with Gasteiger partial charge in [0, 0.05) is 6.54 Å². The fourth-order valence-corrected chi connectivity index (χ4v) is 1.66. The third-order valence-electron chi connectivity index (χ3n) is 2.61.